The van der Waals surface area contributed by atoms with Crippen LogP contribution in [0.15, 0.2) is 58.5 Å². The third-order valence-corrected chi connectivity index (χ3v) is 7.42. The van der Waals surface area contributed by atoms with E-state index >= 15 is 0 Å². The minimum atomic E-state index is -0.882. The number of hydrogen-bond acceptors (Lipinski definition) is 10. The van der Waals surface area contributed by atoms with E-state index in [1.54, 1.807) is 44.6 Å². The van der Waals surface area contributed by atoms with Crippen LogP contribution in [0.3, 0.4) is 0 Å². The van der Waals surface area contributed by atoms with Crippen molar-refractivity contribution >= 4 is 23.2 Å². The summed E-state index contributed by atoms with van der Waals surface area (Å²) in [6.07, 6.45) is 3.36. The number of nitrogens with one attached hydrogen (secondary N) is 1. The summed E-state index contributed by atoms with van der Waals surface area (Å²) in [5.74, 6) is 1.27. The summed E-state index contributed by atoms with van der Waals surface area (Å²) < 4.78 is 21.9. The molecule has 0 radical (unpaired) electrons. The predicted molar refractivity (Wildman–Crippen MR) is 145 cm³/mol. The van der Waals surface area contributed by atoms with Gasteiger partial charge >= 0.3 is 0 Å². The number of methoxy groups -OCH3 is 2. The Balaban J connectivity index is 1.38. The quantitative estimate of drug-likeness (QED) is 0.275. The Morgan fingerprint density at radius 3 is 2.77 bits per heavy atom. The molecule has 0 saturated carbocycles. The zero-order valence-electron chi connectivity index (χ0n) is 22.2. The number of ether oxygens (including phenoxy) is 3. The predicted octanol–water partition coefficient (Wildman–Crippen LogP) is 3.08. The highest BCUT2D eigenvalue weighted by Crippen LogP contribution is 2.31. The van der Waals surface area contributed by atoms with Crippen LogP contribution in [0.5, 0.6) is 11.5 Å². The molecule has 3 aromatic heterocycles. The van der Waals surface area contributed by atoms with Gasteiger partial charge in [-0.3, -0.25) is 9.59 Å². The molecule has 0 aliphatic carbocycles. The summed E-state index contributed by atoms with van der Waals surface area (Å²) in [5, 5.41) is 17.5. The Hall–Kier alpha value is -4.23. The number of tetrazole rings is 1. The number of carbonyl (C=O) groups excluding carboxylic acids is 2. The van der Waals surface area contributed by atoms with Gasteiger partial charge in [0.25, 0.3) is 0 Å². The summed E-state index contributed by atoms with van der Waals surface area (Å²) in [4.78, 5) is 30.8. The molecule has 1 aliphatic heterocycles. The second kappa shape index (κ2) is 12.7. The standard InChI is InChI=1S/C27H30N6O6S/c1-36-21-10-9-18(14-22(21)37-2)26-29-31-33(30-26)17-24(34)32(16-20-7-4-12-39-20)25(23-8-5-13-40-23)27(35)28-15-19-6-3-11-38-19/h4-5,7-10,12-14,19,25H,3,6,11,15-17H2,1-2H3,(H,28,35)/t19-,25-/m1/s1. The molecule has 1 fully saturated rings. The van der Waals surface area contributed by atoms with Gasteiger partial charge in [0.15, 0.2) is 11.5 Å². The molecule has 2 amide bonds. The van der Waals surface area contributed by atoms with E-state index in [0.717, 1.165) is 17.7 Å². The maximum atomic E-state index is 13.8. The Labute approximate surface area is 234 Å². The van der Waals surface area contributed by atoms with Crippen LogP contribution in [-0.4, -0.2) is 70.4 Å². The Morgan fingerprint density at radius 2 is 2.08 bits per heavy atom. The van der Waals surface area contributed by atoms with Crippen LogP contribution in [0.1, 0.15) is 29.5 Å². The first-order valence-electron chi connectivity index (χ1n) is 12.8. The number of thiophene rings is 1. The summed E-state index contributed by atoms with van der Waals surface area (Å²) in [6, 6.07) is 11.6. The molecular formula is C27H30N6O6S. The van der Waals surface area contributed by atoms with E-state index in [-0.39, 0.29) is 31.0 Å². The molecule has 0 bridgehead atoms. The molecular weight excluding hydrogens is 536 g/mol. The third-order valence-electron chi connectivity index (χ3n) is 6.50. The van der Waals surface area contributed by atoms with Crippen LogP contribution in [-0.2, 0) is 27.4 Å². The fourth-order valence-corrected chi connectivity index (χ4v) is 5.33. The molecule has 40 heavy (non-hydrogen) atoms. The highest BCUT2D eigenvalue weighted by Gasteiger charge is 2.34. The van der Waals surface area contributed by atoms with E-state index in [4.69, 9.17) is 18.6 Å². The number of carbonyl (C=O) groups is 2. The summed E-state index contributed by atoms with van der Waals surface area (Å²) in [6.45, 7) is 0.915. The zero-order chi connectivity index (χ0) is 27.9. The van der Waals surface area contributed by atoms with E-state index in [1.807, 2.05) is 17.5 Å². The number of hydrogen-bond donors (Lipinski definition) is 1. The molecule has 210 valence electrons. The minimum Gasteiger partial charge on any atom is -0.493 e. The van der Waals surface area contributed by atoms with Crippen LogP contribution in [0, 0.1) is 0 Å². The van der Waals surface area contributed by atoms with Gasteiger partial charge < -0.3 is 28.8 Å². The molecule has 13 heteroatoms. The largest absolute Gasteiger partial charge is 0.493 e. The zero-order valence-corrected chi connectivity index (χ0v) is 23.0. The molecule has 4 heterocycles. The van der Waals surface area contributed by atoms with Gasteiger partial charge in [-0.15, -0.1) is 21.5 Å². The summed E-state index contributed by atoms with van der Waals surface area (Å²) in [5.41, 5.74) is 0.647. The highest BCUT2D eigenvalue weighted by atomic mass is 32.1. The normalized spacial score (nSPS) is 15.5. The molecule has 4 aromatic rings. The Bertz CT molecular complexity index is 1400. The molecule has 0 spiro atoms. The number of rotatable bonds is 12. The van der Waals surface area contributed by atoms with Gasteiger partial charge in [0.1, 0.15) is 18.3 Å². The molecule has 1 aliphatic rings. The fourth-order valence-electron chi connectivity index (χ4n) is 4.49. The third kappa shape index (κ3) is 6.32. The van der Waals surface area contributed by atoms with E-state index in [0.29, 0.717) is 41.8 Å². The van der Waals surface area contributed by atoms with Crippen LogP contribution < -0.4 is 14.8 Å². The van der Waals surface area contributed by atoms with E-state index < -0.39 is 6.04 Å². The average Bonchev–Trinajstić information content (AvgIpc) is 3.80. The van der Waals surface area contributed by atoms with Crippen molar-refractivity contribution < 1.29 is 28.2 Å². The van der Waals surface area contributed by atoms with Crippen molar-refractivity contribution in [3.8, 4) is 22.9 Å². The van der Waals surface area contributed by atoms with Gasteiger partial charge in [-0.2, -0.15) is 4.80 Å². The lowest BCUT2D eigenvalue weighted by Gasteiger charge is -2.30. The molecule has 1 N–H and O–H groups in total. The van der Waals surface area contributed by atoms with Crippen molar-refractivity contribution in [1.29, 1.82) is 0 Å². The smallest absolute Gasteiger partial charge is 0.248 e. The fraction of sp³-hybridized carbons (Fsp3) is 0.370. The van der Waals surface area contributed by atoms with E-state index in [2.05, 4.69) is 20.7 Å². The van der Waals surface area contributed by atoms with Crippen molar-refractivity contribution in [2.24, 2.45) is 0 Å². The van der Waals surface area contributed by atoms with Crippen molar-refractivity contribution in [2.45, 2.75) is 38.1 Å². The number of furan rings is 1. The lowest BCUT2D eigenvalue weighted by molar-refractivity contribution is -0.142. The Kier molecular flexibility index (Phi) is 8.71. The maximum absolute atomic E-state index is 13.8. The van der Waals surface area contributed by atoms with Gasteiger partial charge in [-0.25, -0.2) is 0 Å². The van der Waals surface area contributed by atoms with Crippen molar-refractivity contribution in [3.05, 3.63) is 64.7 Å². The lowest BCUT2D eigenvalue weighted by atomic mass is 10.1. The number of benzene rings is 1. The summed E-state index contributed by atoms with van der Waals surface area (Å²) >= 11 is 1.40. The minimum absolute atomic E-state index is 0.0310. The second-order valence-corrected chi connectivity index (χ2v) is 10.1. The number of amides is 2. The topological polar surface area (TPSA) is 134 Å². The maximum Gasteiger partial charge on any atom is 0.248 e. The van der Waals surface area contributed by atoms with Crippen LogP contribution in [0.25, 0.3) is 11.4 Å². The van der Waals surface area contributed by atoms with Gasteiger partial charge in [-0.05, 0) is 59.8 Å². The molecule has 2 atom stereocenters. The van der Waals surface area contributed by atoms with Crippen molar-refractivity contribution in [2.75, 3.05) is 27.4 Å². The molecule has 5 rings (SSSR count). The van der Waals surface area contributed by atoms with Crippen LogP contribution in [0.2, 0.25) is 0 Å². The second-order valence-electron chi connectivity index (χ2n) is 9.11. The number of nitrogens with zero attached hydrogens (tertiary/aromatic N) is 5. The van der Waals surface area contributed by atoms with Gasteiger partial charge in [-0.1, -0.05) is 6.07 Å². The molecule has 1 aromatic carbocycles. The van der Waals surface area contributed by atoms with Crippen LogP contribution >= 0.6 is 11.3 Å². The van der Waals surface area contributed by atoms with Crippen molar-refractivity contribution in [1.82, 2.24) is 30.4 Å². The van der Waals surface area contributed by atoms with Crippen LogP contribution in [0.4, 0.5) is 0 Å². The molecule has 1 saturated heterocycles. The average molecular weight is 567 g/mol. The number of aromatic nitrogens is 4. The Morgan fingerprint density at radius 1 is 1.20 bits per heavy atom. The monoisotopic (exact) mass is 566 g/mol. The first kappa shape index (κ1) is 27.3. The van der Waals surface area contributed by atoms with Crippen molar-refractivity contribution in [3.63, 3.8) is 0 Å². The van der Waals surface area contributed by atoms with Gasteiger partial charge in [0.05, 0.1) is 33.1 Å². The lowest BCUT2D eigenvalue weighted by Crippen LogP contribution is -2.45. The first-order valence-corrected chi connectivity index (χ1v) is 13.7. The van der Waals surface area contributed by atoms with Gasteiger partial charge in [0, 0.05) is 23.6 Å². The highest BCUT2D eigenvalue weighted by molar-refractivity contribution is 7.10. The van der Waals surface area contributed by atoms with Gasteiger partial charge in [0.2, 0.25) is 17.6 Å². The molecule has 12 nitrogen and oxygen atoms in total. The first-order chi connectivity index (χ1) is 19.6. The SMILES string of the molecule is COc1ccc(-c2nnn(CC(=O)N(Cc3ccco3)[C@@H](C(=O)NC[C@H]3CCCO3)c3cccs3)n2)cc1OC. The van der Waals surface area contributed by atoms with E-state index in [9.17, 15) is 9.59 Å². The van der Waals surface area contributed by atoms with E-state index in [1.165, 1.54) is 27.3 Å². The summed E-state index contributed by atoms with van der Waals surface area (Å²) in [7, 11) is 3.09. The molecule has 0 unspecified atom stereocenters.